The summed E-state index contributed by atoms with van der Waals surface area (Å²) in [4.78, 5) is 2.25. The zero-order valence-corrected chi connectivity index (χ0v) is 11.1. The maximum Gasteiger partial charge on any atom is 0.296 e. The molecule has 100 valence electrons. The first kappa shape index (κ1) is 13.1. The maximum absolute atomic E-state index is 10.9. The molecule has 0 bridgehead atoms. The molecule has 1 unspecified atom stereocenters. The number of rotatable bonds is 4. The van der Waals surface area contributed by atoms with Gasteiger partial charge >= 0.3 is 0 Å². The van der Waals surface area contributed by atoms with Gasteiger partial charge in [-0.3, -0.25) is 4.72 Å². The number of likely N-dealkylation sites (N-methyl/N-ethyl adjacent to an activating group) is 1. The molecule has 1 aromatic carbocycles. The van der Waals surface area contributed by atoms with E-state index in [-0.39, 0.29) is 0 Å². The lowest BCUT2D eigenvalue weighted by Crippen LogP contribution is -2.24. The summed E-state index contributed by atoms with van der Waals surface area (Å²) in [6, 6.07) is 7.50. The van der Waals surface area contributed by atoms with Gasteiger partial charge in [0.25, 0.3) is 10.2 Å². The van der Waals surface area contributed by atoms with Crippen molar-refractivity contribution < 1.29 is 8.42 Å². The zero-order chi connectivity index (χ0) is 13.2. The Morgan fingerprint density at radius 3 is 2.72 bits per heavy atom. The molecule has 1 aliphatic rings. The van der Waals surface area contributed by atoms with E-state index < -0.39 is 10.2 Å². The van der Waals surface area contributed by atoms with E-state index in [4.69, 9.17) is 5.14 Å². The molecule has 0 amide bonds. The highest BCUT2D eigenvalue weighted by molar-refractivity contribution is 7.90. The summed E-state index contributed by atoms with van der Waals surface area (Å²) < 4.78 is 24.1. The van der Waals surface area contributed by atoms with E-state index in [1.165, 1.54) is 0 Å². The number of nitrogens with one attached hydrogen (secondary N) is 2. The zero-order valence-electron chi connectivity index (χ0n) is 10.3. The van der Waals surface area contributed by atoms with Crippen molar-refractivity contribution in [3.05, 3.63) is 24.3 Å². The molecular weight excluding hydrogens is 252 g/mol. The van der Waals surface area contributed by atoms with Crippen LogP contribution in [0.15, 0.2) is 24.3 Å². The average molecular weight is 270 g/mol. The molecule has 0 aromatic heterocycles. The summed E-state index contributed by atoms with van der Waals surface area (Å²) in [6.07, 6.45) is 1.09. The quantitative estimate of drug-likeness (QED) is 0.740. The van der Waals surface area contributed by atoms with Gasteiger partial charge in [0.05, 0.1) is 5.69 Å². The van der Waals surface area contributed by atoms with Crippen LogP contribution in [0.3, 0.4) is 0 Å². The Balaban J connectivity index is 2.03. The van der Waals surface area contributed by atoms with Gasteiger partial charge in [-0.2, -0.15) is 8.42 Å². The van der Waals surface area contributed by atoms with Crippen molar-refractivity contribution in [3.63, 3.8) is 0 Å². The summed E-state index contributed by atoms with van der Waals surface area (Å²) in [7, 11) is -1.63. The minimum absolute atomic E-state index is 0.403. The number of nitrogens with two attached hydrogens (primary N) is 1. The van der Waals surface area contributed by atoms with Gasteiger partial charge in [-0.05, 0) is 38.2 Å². The van der Waals surface area contributed by atoms with Gasteiger partial charge in [-0.25, -0.2) is 5.14 Å². The molecule has 1 heterocycles. The third-order valence-corrected chi connectivity index (χ3v) is 3.41. The van der Waals surface area contributed by atoms with Crippen molar-refractivity contribution in [1.29, 1.82) is 0 Å². The van der Waals surface area contributed by atoms with Gasteiger partial charge < -0.3 is 10.2 Å². The van der Waals surface area contributed by atoms with Gasteiger partial charge in [0.2, 0.25) is 0 Å². The molecular formula is C11H18N4O2S. The molecule has 4 N–H and O–H groups in total. The van der Waals surface area contributed by atoms with Crippen molar-refractivity contribution in [1.82, 2.24) is 4.90 Å². The molecule has 0 radical (unpaired) electrons. The van der Waals surface area contributed by atoms with Gasteiger partial charge in [0.15, 0.2) is 0 Å². The average Bonchev–Trinajstić information content (AvgIpc) is 2.62. The van der Waals surface area contributed by atoms with Crippen LogP contribution >= 0.6 is 0 Å². The molecule has 1 atom stereocenters. The molecule has 0 saturated carbocycles. The fraction of sp³-hybridized carbons (Fsp3) is 0.455. The minimum Gasteiger partial charge on any atom is -0.381 e. The van der Waals surface area contributed by atoms with Gasteiger partial charge in [0.1, 0.15) is 0 Å². The number of likely N-dealkylation sites (tertiary alicyclic amines) is 1. The third kappa shape index (κ3) is 3.86. The van der Waals surface area contributed by atoms with E-state index in [1.54, 1.807) is 18.2 Å². The highest BCUT2D eigenvalue weighted by atomic mass is 32.2. The van der Waals surface area contributed by atoms with Gasteiger partial charge in [-0.1, -0.05) is 6.07 Å². The number of anilines is 2. The second kappa shape index (κ2) is 5.13. The first-order valence-corrected chi connectivity index (χ1v) is 7.33. The van der Waals surface area contributed by atoms with Crippen molar-refractivity contribution in [2.24, 2.45) is 5.14 Å². The topological polar surface area (TPSA) is 87.5 Å². The SMILES string of the molecule is CN1CCC(Nc2cccc(NS(N)(=O)=O)c2)C1. The van der Waals surface area contributed by atoms with Crippen LogP contribution in [-0.2, 0) is 10.2 Å². The fourth-order valence-corrected chi connectivity index (χ4v) is 2.58. The summed E-state index contributed by atoms with van der Waals surface area (Å²) in [5.41, 5.74) is 1.36. The second-order valence-corrected chi connectivity index (χ2v) is 5.91. The van der Waals surface area contributed by atoms with Crippen LogP contribution < -0.4 is 15.2 Å². The molecule has 7 heteroatoms. The molecule has 18 heavy (non-hydrogen) atoms. The molecule has 0 spiro atoms. The minimum atomic E-state index is -3.72. The standard InChI is InChI=1S/C11H18N4O2S/c1-15-6-5-11(8-15)13-9-3-2-4-10(7-9)14-18(12,16)17/h2-4,7,11,13-14H,5-6,8H2,1H3,(H2,12,16,17). The molecule has 2 rings (SSSR count). The lowest BCUT2D eigenvalue weighted by atomic mass is 10.2. The Hall–Kier alpha value is -1.31. The van der Waals surface area contributed by atoms with Gasteiger partial charge in [-0.15, -0.1) is 0 Å². The van der Waals surface area contributed by atoms with E-state index >= 15 is 0 Å². The number of benzene rings is 1. The van der Waals surface area contributed by atoms with E-state index in [2.05, 4.69) is 22.0 Å². The van der Waals surface area contributed by atoms with E-state index in [9.17, 15) is 8.42 Å². The normalized spacial score (nSPS) is 20.9. The Morgan fingerprint density at radius 2 is 2.11 bits per heavy atom. The van der Waals surface area contributed by atoms with E-state index in [0.29, 0.717) is 11.7 Å². The Bertz CT molecular complexity index is 518. The number of hydrogen-bond acceptors (Lipinski definition) is 4. The maximum atomic E-state index is 10.9. The molecule has 6 nitrogen and oxygen atoms in total. The molecule has 1 fully saturated rings. The fourth-order valence-electron chi connectivity index (χ4n) is 2.13. The first-order chi connectivity index (χ1) is 8.42. The smallest absolute Gasteiger partial charge is 0.296 e. The van der Waals surface area contributed by atoms with E-state index in [0.717, 1.165) is 25.2 Å². The van der Waals surface area contributed by atoms with Crippen molar-refractivity contribution in [2.45, 2.75) is 12.5 Å². The number of hydrogen-bond donors (Lipinski definition) is 3. The predicted molar refractivity (Wildman–Crippen MR) is 72.7 cm³/mol. The molecule has 0 aliphatic carbocycles. The highest BCUT2D eigenvalue weighted by Gasteiger charge is 2.18. The molecule has 1 saturated heterocycles. The van der Waals surface area contributed by atoms with Crippen LogP contribution in [0, 0.1) is 0 Å². The lowest BCUT2D eigenvalue weighted by molar-refractivity contribution is 0.414. The van der Waals surface area contributed by atoms with Gasteiger partial charge in [0, 0.05) is 18.3 Å². The van der Waals surface area contributed by atoms with Crippen LogP contribution in [0.25, 0.3) is 0 Å². The van der Waals surface area contributed by atoms with E-state index in [1.807, 2.05) is 6.07 Å². The largest absolute Gasteiger partial charge is 0.381 e. The van der Waals surface area contributed by atoms with Crippen LogP contribution in [-0.4, -0.2) is 39.5 Å². The predicted octanol–water partition coefficient (Wildman–Crippen LogP) is 0.418. The lowest BCUT2D eigenvalue weighted by Gasteiger charge is -2.15. The summed E-state index contributed by atoms with van der Waals surface area (Å²) >= 11 is 0. The Kier molecular flexibility index (Phi) is 3.74. The Labute approximate surface area is 107 Å². The molecule has 1 aliphatic heterocycles. The van der Waals surface area contributed by atoms with Crippen LogP contribution in [0.2, 0.25) is 0 Å². The van der Waals surface area contributed by atoms with Crippen molar-refractivity contribution in [2.75, 3.05) is 30.2 Å². The third-order valence-electron chi connectivity index (χ3n) is 2.88. The van der Waals surface area contributed by atoms with Crippen LogP contribution in [0.4, 0.5) is 11.4 Å². The summed E-state index contributed by atoms with van der Waals surface area (Å²) in [5, 5.41) is 8.31. The number of nitrogens with zero attached hydrogens (tertiary/aromatic N) is 1. The summed E-state index contributed by atoms with van der Waals surface area (Å²) in [6.45, 7) is 2.07. The monoisotopic (exact) mass is 270 g/mol. The second-order valence-electron chi connectivity index (χ2n) is 4.62. The first-order valence-electron chi connectivity index (χ1n) is 5.78. The molecule has 1 aromatic rings. The Morgan fingerprint density at radius 1 is 1.39 bits per heavy atom. The van der Waals surface area contributed by atoms with Crippen molar-refractivity contribution >= 4 is 21.6 Å². The van der Waals surface area contributed by atoms with Crippen LogP contribution in [0.5, 0.6) is 0 Å². The van der Waals surface area contributed by atoms with Crippen LogP contribution in [0.1, 0.15) is 6.42 Å². The summed E-state index contributed by atoms with van der Waals surface area (Å²) in [5.74, 6) is 0. The highest BCUT2D eigenvalue weighted by Crippen LogP contribution is 2.19. The van der Waals surface area contributed by atoms with Crippen molar-refractivity contribution in [3.8, 4) is 0 Å².